The molecular weight excluding hydrogens is 609 g/mol. The number of likely N-dealkylation sites (tertiary alicyclic amines) is 1. The van der Waals surface area contributed by atoms with Gasteiger partial charge in [-0.1, -0.05) is 32.9 Å². The first-order valence-electron chi connectivity index (χ1n) is 16.4. The SMILES string of the molecule is Cc1ncsc1-c1ccc(CNC(=O)C2CC(O)CN2C(=O)[C@@H](NC(=O)C2(F)CC2)C(C)(C)C)c(OC2CC3(CCNCC3)C2)c1. The van der Waals surface area contributed by atoms with E-state index in [-0.39, 0.29) is 38.5 Å². The van der Waals surface area contributed by atoms with E-state index in [1.165, 1.54) is 4.90 Å². The Kier molecular flexibility index (Phi) is 8.92. The molecule has 0 bridgehead atoms. The molecule has 6 rings (SSSR count). The Morgan fingerprint density at radius 3 is 2.54 bits per heavy atom. The molecule has 2 saturated carbocycles. The van der Waals surface area contributed by atoms with E-state index in [0.29, 0.717) is 5.41 Å². The second-order valence-electron chi connectivity index (χ2n) is 14.8. The molecule has 3 atom stereocenters. The summed E-state index contributed by atoms with van der Waals surface area (Å²) in [5, 5.41) is 19.6. The van der Waals surface area contributed by atoms with Crippen LogP contribution in [0.1, 0.15) is 77.0 Å². The number of aliphatic hydroxyl groups is 1. The Bertz CT molecular complexity index is 1470. The van der Waals surface area contributed by atoms with Crippen molar-refractivity contribution in [2.75, 3.05) is 19.6 Å². The van der Waals surface area contributed by atoms with E-state index in [1.54, 1.807) is 32.1 Å². The number of thiazole rings is 1. The Hall–Kier alpha value is -3.09. The second kappa shape index (κ2) is 12.5. The maximum atomic E-state index is 14.5. The summed E-state index contributed by atoms with van der Waals surface area (Å²) in [5.74, 6) is -0.997. The smallest absolute Gasteiger partial charge is 0.258 e. The van der Waals surface area contributed by atoms with Crippen LogP contribution in [0.5, 0.6) is 5.75 Å². The molecule has 2 saturated heterocycles. The molecule has 1 aromatic heterocycles. The molecule has 3 amide bonds. The third kappa shape index (κ3) is 6.80. The summed E-state index contributed by atoms with van der Waals surface area (Å²) in [4.78, 5) is 46.8. The van der Waals surface area contributed by atoms with Crippen LogP contribution < -0.4 is 20.7 Å². The van der Waals surface area contributed by atoms with Crippen LogP contribution in [0, 0.1) is 17.8 Å². The fourth-order valence-corrected chi connectivity index (χ4v) is 7.89. The van der Waals surface area contributed by atoms with Crippen molar-refractivity contribution in [3.8, 4) is 16.2 Å². The zero-order chi connectivity index (χ0) is 32.9. The van der Waals surface area contributed by atoms with Crippen molar-refractivity contribution >= 4 is 29.1 Å². The molecule has 12 heteroatoms. The van der Waals surface area contributed by atoms with Gasteiger partial charge in [-0.3, -0.25) is 14.4 Å². The van der Waals surface area contributed by atoms with Gasteiger partial charge in [-0.25, -0.2) is 9.37 Å². The van der Waals surface area contributed by atoms with Crippen molar-refractivity contribution in [2.24, 2.45) is 10.8 Å². The van der Waals surface area contributed by atoms with Crippen LogP contribution in [0.3, 0.4) is 0 Å². The number of hydrogen-bond donors (Lipinski definition) is 4. The Morgan fingerprint density at radius 1 is 1.20 bits per heavy atom. The predicted octanol–water partition coefficient (Wildman–Crippen LogP) is 3.64. The van der Waals surface area contributed by atoms with Gasteiger partial charge in [0, 0.05) is 25.1 Å². The molecule has 2 aliphatic carbocycles. The summed E-state index contributed by atoms with van der Waals surface area (Å²) in [6.07, 6.45) is 3.88. The van der Waals surface area contributed by atoms with E-state index < -0.39 is 47.0 Å². The van der Waals surface area contributed by atoms with E-state index in [2.05, 4.69) is 20.9 Å². The molecular formula is C34H46FN5O5S. The first-order chi connectivity index (χ1) is 21.8. The number of rotatable bonds is 9. The van der Waals surface area contributed by atoms with Gasteiger partial charge in [-0.15, -0.1) is 11.3 Å². The van der Waals surface area contributed by atoms with Crippen molar-refractivity contribution < 1.29 is 28.6 Å². The van der Waals surface area contributed by atoms with E-state index in [4.69, 9.17) is 4.74 Å². The normalized spacial score (nSPS) is 24.3. The molecule has 10 nitrogen and oxygen atoms in total. The topological polar surface area (TPSA) is 133 Å². The Morgan fingerprint density at radius 2 is 1.91 bits per heavy atom. The summed E-state index contributed by atoms with van der Waals surface area (Å²) < 4.78 is 21.1. The molecule has 3 heterocycles. The first-order valence-corrected chi connectivity index (χ1v) is 17.3. The monoisotopic (exact) mass is 655 g/mol. The third-order valence-corrected chi connectivity index (χ3v) is 11.1. The van der Waals surface area contributed by atoms with Gasteiger partial charge in [0.25, 0.3) is 5.91 Å². The summed E-state index contributed by atoms with van der Waals surface area (Å²) in [7, 11) is 0. The average Bonchev–Trinajstić information content (AvgIpc) is 3.41. The maximum absolute atomic E-state index is 14.5. The lowest BCUT2D eigenvalue weighted by atomic mass is 9.62. The van der Waals surface area contributed by atoms with Gasteiger partial charge in [-0.2, -0.15) is 0 Å². The Balaban J connectivity index is 1.16. The standard InChI is InChI=1S/C34H46FN5O5S/c1-20-27(46-19-38-20)21-5-6-22(26(13-21)45-24-15-33(16-24)9-11-36-12-10-33)17-37-29(42)25-14-23(41)18-40(25)30(43)28(32(2,3)4)39-31(44)34(35)7-8-34/h5-6,13,19,23-25,28,36,41H,7-12,14-18H2,1-4H3,(H,37,42)(H,39,44)/t23?,25?,28-/m1/s1. The van der Waals surface area contributed by atoms with Crippen molar-refractivity contribution in [3.05, 3.63) is 35.0 Å². The van der Waals surface area contributed by atoms with Crippen LogP contribution in [-0.2, 0) is 20.9 Å². The van der Waals surface area contributed by atoms with Crippen molar-refractivity contribution in [2.45, 2.75) is 109 Å². The fourth-order valence-electron chi connectivity index (χ4n) is 7.08. The minimum absolute atomic E-state index is 0.0453. The van der Waals surface area contributed by atoms with Gasteiger partial charge < -0.3 is 30.7 Å². The fraction of sp³-hybridized carbons (Fsp3) is 0.647. The number of benzene rings is 1. The second-order valence-corrected chi connectivity index (χ2v) is 15.7. The van der Waals surface area contributed by atoms with Gasteiger partial charge in [0.1, 0.15) is 17.8 Å². The van der Waals surface area contributed by atoms with E-state index in [0.717, 1.165) is 66.2 Å². The molecule has 2 aromatic rings. The van der Waals surface area contributed by atoms with Crippen LogP contribution in [0.25, 0.3) is 10.4 Å². The quantitative estimate of drug-likeness (QED) is 0.324. The summed E-state index contributed by atoms with van der Waals surface area (Å²) in [6.45, 7) is 9.54. The number of nitrogens with zero attached hydrogens (tertiary/aromatic N) is 2. The molecule has 4 N–H and O–H groups in total. The van der Waals surface area contributed by atoms with Crippen LogP contribution in [0.2, 0.25) is 0 Å². The number of aliphatic hydroxyl groups excluding tert-OH is 1. The third-order valence-electron chi connectivity index (χ3n) is 10.2. The van der Waals surface area contributed by atoms with Crippen molar-refractivity contribution in [1.29, 1.82) is 0 Å². The number of piperidine rings is 1. The molecule has 4 aliphatic rings. The summed E-state index contributed by atoms with van der Waals surface area (Å²) >= 11 is 1.57. The molecule has 0 radical (unpaired) electrons. The van der Waals surface area contributed by atoms with E-state index in [9.17, 15) is 23.9 Å². The molecule has 2 aliphatic heterocycles. The Labute approximate surface area is 273 Å². The largest absolute Gasteiger partial charge is 0.490 e. The molecule has 1 aromatic carbocycles. The highest BCUT2D eigenvalue weighted by atomic mass is 32.1. The number of nitrogens with one attached hydrogen (secondary N) is 3. The lowest BCUT2D eigenvalue weighted by Crippen LogP contribution is -2.59. The maximum Gasteiger partial charge on any atom is 0.258 e. The highest BCUT2D eigenvalue weighted by Gasteiger charge is 2.53. The number of aromatic nitrogens is 1. The first kappa shape index (κ1) is 32.8. The lowest BCUT2D eigenvalue weighted by Gasteiger charge is -2.50. The highest BCUT2D eigenvalue weighted by Crippen LogP contribution is 2.49. The highest BCUT2D eigenvalue weighted by molar-refractivity contribution is 7.13. The number of halogens is 1. The number of hydrogen-bond acceptors (Lipinski definition) is 8. The van der Waals surface area contributed by atoms with Crippen molar-refractivity contribution in [3.63, 3.8) is 0 Å². The molecule has 1 spiro atoms. The zero-order valence-electron chi connectivity index (χ0n) is 27.2. The summed E-state index contributed by atoms with van der Waals surface area (Å²) in [6, 6.07) is 4.01. The van der Waals surface area contributed by atoms with Gasteiger partial charge in [0.2, 0.25) is 11.8 Å². The molecule has 250 valence electrons. The van der Waals surface area contributed by atoms with E-state index in [1.807, 2.05) is 30.6 Å². The number of carbonyl (C=O) groups excluding carboxylic acids is 3. The lowest BCUT2D eigenvalue weighted by molar-refractivity contribution is -0.145. The predicted molar refractivity (Wildman–Crippen MR) is 173 cm³/mol. The number of β-amino-alcohol motifs (C(OH)–C–C–N with tert-alkyl or cyclic N) is 1. The number of carbonyl (C=O) groups is 3. The number of aryl methyl sites for hydroxylation is 1. The van der Waals surface area contributed by atoms with Crippen LogP contribution in [0.15, 0.2) is 23.7 Å². The van der Waals surface area contributed by atoms with Gasteiger partial charge in [-0.05, 0) is 81.0 Å². The number of alkyl halides is 1. The number of amides is 3. The zero-order valence-corrected chi connectivity index (χ0v) is 28.0. The van der Waals surface area contributed by atoms with Gasteiger partial charge >= 0.3 is 0 Å². The van der Waals surface area contributed by atoms with Crippen LogP contribution in [0.4, 0.5) is 4.39 Å². The van der Waals surface area contributed by atoms with Gasteiger partial charge in [0.05, 0.1) is 28.3 Å². The molecule has 46 heavy (non-hydrogen) atoms. The van der Waals surface area contributed by atoms with Gasteiger partial charge in [0.15, 0.2) is 5.67 Å². The van der Waals surface area contributed by atoms with Crippen LogP contribution >= 0.6 is 11.3 Å². The van der Waals surface area contributed by atoms with E-state index >= 15 is 0 Å². The summed E-state index contributed by atoms with van der Waals surface area (Å²) in [5.41, 5.74) is 2.27. The molecule has 4 fully saturated rings. The van der Waals surface area contributed by atoms with Crippen molar-refractivity contribution in [1.82, 2.24) is 25.8 Å². The minimum atomic E-state index is -1.94. The minimum Gasteiger partial charge on any atom is -0.490 e. The van der Waals surface area contributed by atoms with Crippen LogP contribution in [-0.4, -0.2) is 82.3 Å². The number of ether oxygens (including phenoxy) is 1. The molecule has 2 unspecified atom stereocenters. The average molecular weight is 656 g/mol.